The first-order chi connectivity index (χ1) is 10.4. The molecule has 21 heavy (non-hydrogen) atoms. The number of hydrogen-bond donors (Lipinski definition) is 1. The highest BCUT2D eigenvalue weighted by Gasteiger charge is 2.14. The van der Waals surface area contributed by atoms with Crippen LogP contribution in [0.5, 0.6) is 5.75 Å². The van der Waals surface area contributed by atoms with Gasteiger partial charge in [-0.2, -0.15) is 0 Å². The van der Waals surface area contributed by atoms with Crippen LogP contribution < -0.4 is 10.1 Å². The van der Waals surface area contributed by atoms with Gasteiger partial charge in [0.1, 0.15) is 5.75 Å². The van der Waals surface area contributed by atoms with E-state index in [1.54, 1.807) is 0 Å². The number of fused-ring (bicyclic) bond motifs is 1. The number of nitrogens with one attached hydrogen (secondary N) is 1. The minimum Gasteiger partial charge on any atom is -0.493 e. The van der Waals surface area contributed by atoms with E-state index < -0.39 is 0 Å². The molecule has 1 atom stereocenters. The van der Waals surface area contributed by atoms with Crippen molar-refractivity contribution < 1.29 is 9.47 Å². The second-order valence-electron chi connectivity index (χ2n) is 5.56. The van der Waals surface area contributed by atoms with Gasteiger partial charge in [-0.25, -0.2) is 0 Å². The summed E-state index contributed by atoms with van der Waals surface area (Å²) in [5.74, 6) is 1.67. The van der Waals surface area contributed by atoms with Crippen LogP contribution >= 0.6 is 0 Å². The zero-order valence-corrected chi connectivity index (χ0v) is 12.7. The molecule has 1 aromatic carbocycles. The number of aromatic nitrogens is 1. The fourth-order valence-electron chi connectivity index (χ4n) is 2.92. The van der Waals surface area contributed by atoms with Gasteiger partial charge in [-0.15, -0.1) is 0 Å². The van der Waals surface area contributed by atoms with Crippen LogP contribution in [-0.2, 0) is 11.3 Å². The Hall–Kier alpha value is -1.52. The molecule has 114 valence electrons. The van der Waals surface area contributed by atoms with Crippen molar-refractivity contribution in [2.24, 2.45) is 5.92 Å². The lowest BCUT2D eigenvalue weighted by atomic mass is 10.1. The van der Waals surface area contributed by atoms with Gasteiger partial charge in [-0.3, -0.25) is 0 Å². The van der Waals surface area contributed by atoms with Crippen LogP contribution in [0.4, 0.5) is 0 Å². The second-order valence-corrected chi connectivity index (χ2v) is 5.56. The normalized spacial score (nSPS) is 18.4. The van der Waals surface area contributed by atoms with Crippen LogP contribution in [-0.4, -0.2) is 37.5 Å². The molecule has 0 radical (unpaired) electrons. The van der Waals surface area contributed by atoms with Crippen molar-refractivity contribution in [1.82, 2.24) is 9.88 Å². The molecule has 0 saturated carbocycles. The van der Waals surface area contributed by atoms with Gasteiger partial charge < -0.3 is 19.4 Å². The molecule has 1 unspecified atom stereocenters. The predicted molar refractivity (Wildman–Crippen MR) is 84.9 cm³/mol. The molecule has 2 heterocycles. The molecular formula is C17H24N2O2. The molecule has 4 heteroatoms. The van der Waals surface area contributed by atoms with Gasteiger partial charge in [0.25, 0.3) is 0 Å². The maximum absolute atomic E-state index is 5.68. The summed E-state index contributed by atoms with van der Waals surface area (Å²) in [4.78, 5) is 0. The average molecular weight is 288 g/mol. The first-order valence-corrected chi connectivity index (χ1v) is 7.87. The SMILES string of the molecule is CCOc1cccc2c1ccn2CCNCC1CCOC1. The van der Waals surface area contributed by atoms with Gasteiger partial charge in [0, 0.05) is 37.8 Å². The molecule has 1 aromatic heterocycles. The van der Waals surface area contributed by atoms with E-state index in [1.807, 2.05) is 13.0 Å². The number of benzene rings is 1. The molecular weight excluding hydrogens is 264 g/mol. The zero-order valence-electron chi connectivity index (χ0n) is 12.7. The average Bonchev–Trinajstić information content (AvgIpc) is 3.14. The molecule has 0 amide bonds. The minimum absolute atomic E-state index is 0.691. The van der Waals surface area contributed by atoms with Crippen LogP contribution in [0.15, 0.2) is 30.5 Å². The number of ether oxygens (including phenoxy) is 2. The summed E-state index contributed by atoms with van der Waals surface area (Å²) < 4.78 is 13.4. The van der Waals surface area contributed by atoms with E-state index in [0.717, 1.165) is 38.6 Å². The number of hydrogen-bond acceptors (Lipinski definition) is 3. The van der Waals surface area contributed by atoms with Gasteiger partial charge in [0.05, 0.1) is 18.7 Å². The van der Waals surface area contributed by atoms with Gasteiger partial charge in [0.2, 0.25) is 0 Å². The maximum Gasteiger partial charge on any atom is 0.128 e. The standard InChI is InChI=1S/C17H24N2O2/c1-2-21-17-5-3-4-16-15(17)6-9-19(16)10-8-18-12-14-7-11-20-13-14/h3-6,9,14,18H,2,7-8,10-13H2,1H3. The molecule has 0 bridgehead atoms. The Morgan fingerprint density at radius 1 is 1.38 bits per heavy atom. The summed E-state index contributed by atoms with van der Waals surface area (Å²) in [5, 5.41) is 4.74. The maximum atomic E-state index is 5.68. The Bertz CT molecular complexity index is 573. The Morgan fingerprint density at radius 2 is 2.33 bits per heavy atom. The molecule has 2 aromatic rings. The van der Waals surface area contributed by atoms with E-state index in [2.05, 4.69) is 34.3 Å². The minimum atomic E-state index is 0.691. The molecule has 1 saturated heterocycles. The van der Waals surface area contributed by atoms with Gasteiger partial charge in [-0.1, -0.05) is 6.07 Å². The van der Waals surface area contributed by atoms with Crippen molar-refractivity contribution in [3.63, 3.8) is 0 Å². The molecule has 1 aliphatic rings. The third kappa shape index (κ3) is 3.39. The fraction of sp³-hybridized carbons (Fsp3) is 0.529. The van der Waals surface area contributed by atoms with Crippen LogP contribution in [0.2, 0.25) is 0 Å². The highest BCUT2D eigenvalue weighted by molar-refractivity contribution is 5.86. The Morgan fingerprint density at radius 3 is 3.14 bits per heavy atom. The molecule has 0 aliphatic carbocycles. The lowest BCUT2D eigenvalue weighted by Gasteiger charge is -2.11. The van der Waals surface area contributed by atoms with Crippen LogP contribution in [0, 0.1) is 5.92 Å². The monoisotopic (exact) mass is 288 g/mol. The van der Waals surface area contributed by atoms with Crippen LogP contribution in [0.1, 0.15) is 13.3 Å². The highest BCUT2D eigenvalue weighted by atomic mass is 16.5. The lowest BCUT2D eigenvalue weighted by molar-refractivity contribution is 0.185. The summed E-state index contributed by atoms with van der Waals surface area (Å²) in [6, 6.07) is 8.40. The first-order valence-electron chi connectivity index (χ1n) is 7.87. The fourth-order valence-corrected chi connectivity index (χ4v) is 2.92. The molecule has 3 rings (SSSR count). The molecule has 1 N–H and O–H groups in total. The van der Waals surface area contributed by atoms with E-state index in [-0.39, 0.29) is 0 Å². The van der Waals surface area contributed by atoms with Gasteiger partial charge in [-0.05, 0) is 37.5 Å². The van der Waals surface area contributed by atoms with Crippen LogP contribution in [0.3, 0.4) is 0 Å². The summed E-state index contributed by atoms with van der Waals surface area (Å²) in [7, 11) is 0. The van der Waals surface area contributed by atoms with Crippen molar-refractivity contribution in [2.45, 2.75) is 19.9 Å². The number of nitrogens with zero attached hydrogens (tertiary/aromatic N) is 1. The van der Waals surface area contributed by atoms with E-state index in [0.29, 0.717) is 12.5 Å². The quantitative estimate of drug-likeness (QED) is 0.796. The molecule has 4 nitrogen and oxygen atoms in total. The zero-order chi connectivity index (χ0) is 14.5. The Labute approximate surface area is 126 Å². The number of rotatable bonds is 7. The summed E-state index contributed by atoms with van der Waals surface area (Å²) in [6.45, 7) is 7.59. The molecule has 1 fully saturated rings. The highest BCUT2D eigenvalue weighted by Crippen LogP contribution is 2.26. The van der Waals surface area contributed by atoms with Gasteiger partial charge in [0.15, 0.2) is 0 Å². The van der Waals surface area contributed by atoms with Crippen molar-refractivity contribution in [1.29, 1.82) is 0 Å². The Kier molecular flexibility index (Phi) is 4.78. The summed E-state index contributed by atoms with van der Waals surface area (Å²) in [5.41, 5.74) is 1.24. The van der Waals surface area contributed by atoms with E-state index in [1.165, 1.54) is 17.3 Å². The third-order valence-electron chi connectivity index (χ3n) is 4.06. The van der Waals surface area contributed by atoms with E-state index >= 15 is 0 Å². The Balaban J connectivity index is 1.58. The van der Waals surface area contributed by atoms with E-state index in [9.17, 15) is 0 Å². The topological polar surface area (TPSA) is 35.4 Å². The lowest BCUT2D eigenvalue weighted by Crippen LogP contribution is -2.26. The molecule has 0 spiro atoms. The second kappa shape index (κ2) is 6.96. The van der Waals surface area contributed by atoms with E-state index in [4.69, 9.17) is 9.47 Å². The molecule has 1 aliphatic heterocycles. The largest absolute Gasteiger partial charge is 0.493 e. The van der Waals surface area contributed by atoms with Crippen molar-refractivity contribution in [3.8, 4) is 5.75 Å². The smallest absolute Gasteiger partial charge is 0.128 e. The predicted octanol–water partition coefficient (Wildman–Crippen LogP) is 2.67. The first kappa shape index (κ1) is 14.4. The van der Waals surface area contributed by atoms with Gasteiger partial charge >= 0.3 is 0 Å². The van der Waals surface area contributed by atoms with Crippen molar-refractivity contribution in [3.05, 3.63) is 30.5 Å². The third-order valence-corrected chi connectivity index (χ3v) is 4.06. The van der Waals surface area contributed by atoms with Crippen molar-refractivity contribution in [2.75, 3.05) is 32.9 Å². The summed E-state index contributed by atoms with van der Waals surface area (Å²) >= 11 is 0. The van der Waals surface area contributed by atoms with Crippen molar-refractivity contribution >= 4 is 10.9 Å². The summed E-state index contributed by atoms with van der Waals surface area (Å²) in [6.07, 6.45) is 3.34. The van der Waals surface area contributed by atoms with Crippen LogP contribution in [0.25, 0.3) is 10.9 Å².